The quantitative estimate of drug-likeness (QED) is 0.912. The maximum absolute atomic E-state index is 9.42. The van der Waals surface area contributed by atoms with Gasteiger partial charge in [-0.05, 0) is 24.1 Å². The molecule has 2 aromatic rings. The van der Waals surface area contributed by atoms with E-state index >= 15 is 0 Å². The highest BCUT2D eigenvalue weighted by molar-refractivity contribution is 6.30. The van der Waals surface area contributed by atoms with Crippen LogP contribution in [0.15, 0.2) is 36.4 Å². The van der Waals surface area contributed by atoms with Gasteiger partial charge in [0.1, 0.15) is 6.61 Å². The molecule has 3 nitrogen and oxygen atoms in total. The molecule has 0 amide bonds. The average molecular weight is 293 g/mol. The molecule has 0 radical (unpaired) electrons. The van der Waals surface area contributed by atoms with Crippen molar-refractivity contribution in [3.63, 3.8) is 0 Å². The van der Waals surface area contributed by atoms with Crippen LogP contribution in [0.1, 0.15) is 16.7 Å². The lowest BCUT2D eigenvalue weighted by Gasteiger charge is -2.15. The van der Waals surface area contributed by atoms with E-state index in [2.05, 4.69) is 0 Å². The number of hydrogen-bond acceptors (Lipinski definition) is 3. The average Bonchev–Trinajstić information content (AvgIpc) is 2.46. The predicted octanol–water partition coefficient (Wildman–Crippen LogP) is 3.73. The van der Waals surface area contributed by atoms with Gasteiger partial charge in [0.25, 0.3) is 0 Å². The molecule has 0 unspecified atom stereocenters. The highest BCUT2D eigenvalue weighted by atomic mass is 35.5. The Bertz CT molecular complexity index is 571. The van der Waals surface area contributed by atoms with E-state index in [1.807, 2.05) is 31.2 Å². The van der Waals surface area contributed by atoms with E-state index in [9.17, 15) is 5.11 Å². The molecule has 106 valence electrons. The molecule has 0 atom stereocenters. The summed E-state index contributed by atoms with van der Waals surface area (Å²) < 4.78 is 11.1. The topological polar surface area (TPSA) is 38.7 Å². The van der Waals surface area contributed by atoms with Gasteiger partial charge in [0.2, 0.25) is 0 Å². The van der Waals surface area contributed by atoms with Crippen LogP contribution < -0.4 is 9.47 Å². The maximum atomic E-state index is 9.42. The Hall–Kier alpha value is -1.71. The Labute approximate surface area is 123 Å². The van der Waals surface area contributed by atoms with E-state index in [4.69, 9.17) is 21.1 Å². The summed E-state index contributed by atoms with van der Waals surface area (Å²) in [5.41, 5.74) is 2.86. The van der Waals surface area contributed by atoms with Crippen LogP contribution in [0.25, 0.3) is 0 Å². The SMILES string of the molecule is COc1cc(Cl)cc(CO)c1OCc1ccccc1C. The highest BCUT2D eigenvalue weighted by Crippen LogP contribution is 2.35. The lowest BCUT2D eigenvalue weighted by molar-refractivity contribution is 0.249. The van der Waals surface area contributed by atoms with Gasteiger partial charge in [-0.15, -0.1) is 0 Å². The van der Waals surface area contributed by atoms with E-state index in [0.29, 0.717) is 28.7 Å². The Morgan fingerprint density at radius 2 is 1.90 bits per heavy atom. The van der Waals surface area contributed by atoms with Crippen molar-refractivity contribution in [3.05, 3.63) is 58.1 Å². The molecule has 0 heterocycles. The second kappa shape index (κ2) is 6.64. The second-order valence-corrected chi connectivity index (χ2v) is 4.91. The zero-order valence-corrected chi connectivity index (χ0v) is 12.3. The van der Waals surface area contributed by atoms with Gasteiger partial charge in [0.15, 0.2) is 11.5 Å². The van der Waals surface area contributed by atoms with E-state index in [1.165, 1.54) is 0 Å². The molecule has 0 fully saturated rings. The van der Waals surface area contributed by atoms with Crippen molar-refractivity contribution in [3.8, 4) is 11.5 Å². The summed E-state index contributed by atoms with van der Waals surface area (Å²) in [5.74, 6) is 1.05. The molecular weight excluding hydrogens is 276 g/mol. The maximum Gasteiger partial charge on any atom is 0.167 e. The summed E-state index contributed by atoms with van der Waals surface area (Å²) in [5, 5.41) is 9.93. The third-order valence-corrected chi connectivity index (χ3v) is 3.34. The first-order chi connectivity index (χ1) is 9.65. The van der Waals surface area contributed by atoms with Gasteiger partial charge in [-0.3, -0.25) is 0 Å². The zero-order valence-electron chi connectivity index (χ0n) is 11.5. The fourth-order valence-electron chi connectivity index (χ4n) is 1.98. The summed E-state index contributed by atoms with van der Waals surface area (Å²) >= 11 is 5.98. The van der Waals surface area contributed by atoms with E-state index in [-0.39, 0.29) is 6.61 Å². The largest absolute Gasteiger partial charge is 0.493 e. The Balaban J connectivity index is 2.27. The molecule has 20 heavy (non-hydrogen) atoms. The molecule has 1 N–H and O–H groups in total. The van der Waals surface area contributed by atoms with Gasteiger partial charge in [-0.25, -0.2) is 0 Å². The zero-order chi connectivity index (χ0) is 14.5. The van der Waals surface area contributed by atoms with Crippen molar-refractivity contribution in [2.45, 2.75) is 20.1 Å². The van der Waals surface area contributed by atoms with Crippen molar-refractivity contribution in [2.24, 2.45) is 0 Å². The van der Waals surface area contributed by atoms with Gasteiger partial charge in [0, 0.05) is 16.7 Å². The molecule has 0 bridgehead atoms. The number of ether oxygens (including phenoxy) is 2. The van der Waals surface area contributed by atoms with Crippen molar-refractivity contribution >= 4 is 11.6 Å². The van der Waals surface area contributed by atoms with Crippen LogP contribution in [-0.2, 0) is 13.2 Å². The molecular formula is C16H17ClO3. The van der Waals surface area contributed by atoms with Crippen molar-refractivity contribution in [1.29, 1.82) is 0 Å². The van der Waals surface area contributed by atoms with Crippen LogP contribution in [0, 0.1) is 6.92 Å². The number of methoxy groups -OCH3 is 1. The monoisotopic (exact) mass is 292 g/mol. The minimum Gasteiger partial charge on any atom is -0.493 e. The third-order valence-electron chi connectivity index (χ3n) is 3.12. The standard InChI is InChI=1S/C16H17ClO3/c1-11-5-3-4-6-12(11)10-20-16-13(9-18)7-14(17)8-15(16)19-2/h3-8,18H,9-10H2,1-2H3. The molecule has 0 spiro atoms. The molecule has 0 saturated heterocycles. The number of halogens is 1. The number of aliphatic hydroxyl groups is 1. The Morgan fingerprint density at radius 1 is 1.15 bits per heavy atom. The molecule has 0 aromatic heterocycles. The molecule has 0 aliphatic carbocycles. The van der Waals surface area contributed by atoms with Gasteiger partial charge < -0.3 is 14.6 Å². The summed E-state index contributed by atoms with van der Waals surface area (Å²) in [7, 11) is 1.55. The van der Waals surface area contributed by atoms with E-state index in [1.54, 1.807) is 19.2 Å². The lowest BCUT2D eigenvalue weighted by atomic mass is 10.1. The number of aliphatic hydroxyl groups excluding tert-OH is 1. The number of benzene rings is 2. The number of rotatable bonds is 5. The highest BCUT2D eigenvalue weighted by Gasteiger charge is 2.13. The second-order valence-electron chi connectivity index (χ2n) is 4.47. The Kier molecular flexibility index (Phi) is 4.88. The first-order valence-electron chi connectivity index (χ1n) is 6.30. The first-order valence-corrected chi connectivity index (χ1v) is 6.68. The summed E-state index contributed by atoms with van der Waals surface area (Å²) in [4.78, 5) is 0. The van der Waals surface area contributed by atoms with Crippen LogP contribution in [0.4, 0.5) is 0 Å². The summed E-state index contributed by atoms with van der Waals surface area (Å²) in [6, 6.07) is 11.4. The van der Waals surface area contributed by atoms with Crippen LogP contribution in [0.2, 0.25) is 5.02 Å². The molecule has 2 aromatic carbocycles. The van der Waals surface area contributed by atoms with Crippen LogP contribution in [0.3, 0.4) is 0 Å². The van der Waals surface area contributed by atoms with Gasteiger partial charge in [-0.1, -0.05) is 35.9 Å². The van der Waals surface area contributed by atoms with E-state index < -0.39 is 0 Å². The van der Waals surface area contributed by atoms with Gasteiger partial charge in [-0.2, -0.15) is 0 Å². The molecule has 4 heteroatoms. The normalized spacial score (nSPS) is 10.4. The fourth-order valence-corrected chi connectivity index (χ4v) is 2.21. The minimum atomic E-state index is -0.153. The molecule has 0 aliphatic rings. The van der Waals surface area contributed by atoms with E-state index in [0.717, 1.165) is 11.1 Å². The van der Waals surface area contributed by atoms with Crippen LogP contribution in [0.5, 0.6) is 11.5 Å². The summed E-state index contributed by atoms with van der Waals surface area (Å²) in [6.45, 7) is 2.29. The minimum absolute atomic E-state index is 0.153. The third kappa shape index (κ3) is 3.24. The lowest BCUT2D eigenvalue weighted by Crippen LogP contribution is -2.02. The number of hydrogen-bond donors (Lipinski definition) is 1. The van der Waals surface area contributed by atoms with Gasteiger partial charge >= 0.3 is 0 Å². The smallest absolute Gasteiger partial charge is 0.167 e. The van der Waals surface area contributed by atoms with Crippen LogP contribution in [-0.4, -0.2) is 12.2 Å². The number of aryl methyl sites for hydroxylation is 1. The van der Waals surface area contributed by atoms with Crippen molar-refractivity contribution in [1.82, 2.24) is 0 Å². The first kappa shape index (κ1) is 14.7. The molecule has 0 saturated carbocycles. The van der Waals surface area contributed by atoms with Crippen LogP contribution >= 0.6 is 11.6 Å². The fraction of sp³-hybridized carbons (Fsp3) is 0.250. The van der Waals surface area contributed by atoms with Crippen molar-refractivity contribution < 1.29 is 14.6 Å². The van der Waals surface area contributed by atoms with Gasteiger partial charge in [0.05, 0.1) is 13.7 Å². The Morgan fingerprint density at radius 3 is 2.55 bits per heavy atom. The molecule has 0 aliphatic heterocycles. The summed E-state index contributed by atoms with van der Waals surface area (Å²) in [6.07, 6.45) is 0. The van der Waals surface area contributed by atoms with Crippen molar-refractivity contribution in [2.75, 3.05) is 7.11 Å². The predicted molar refractivity (Wildman–Crippen MR) is 79.4 cm³/mol. The molecule has 2 rings (SSSR count).